The molecule has 0 aliphatic carbocycles. The van der Waals surface area contributed by atoms with Gasteiger partial charge < -0.3 is 59.1 Å². The molecule has 3 fully saturated rings. The second-order valence-electron chi connectivity index (χ2n) is 10.6. The Kier molecular flexibility index (Phi) is 13.6. The molecule has 10 N–H and O–H groups in total. The van der Waals surface area contributed by atoms with Crippen molar-refractivity contribution in [2.45, 2.75) is 92.9 Å². The fraction of sp³-hybridized carbons (Fsp3) is 0.950. The molecule has 0 radical (unpaired) electrons. The topological polar surface area (TPSA) is 387 Å². The Labute approximate surface area is 271 Å². The Morgan fingerprint density at radius 1 is 0.750 bits per heavy atom. The summed E-state index contributed by atoms with van der Waals surface area (Å²) in [5.74, 6) is -3.47. The molecule has 3 aliphatic heterocycles. The van der Waals surface area contributed by atoms with Crippen LogP contribution >= 0.6 is 0 Å². The maximum absolute atomic E-state index is 12.3. The van der Waals surface area contributed by atoms with Crippen LogP contribution in [0.25, 0.3) is 0 Å². The highest BCUT2D eigenvalue weighted by Gasteiger charge is 2.55. The highest BCUT2D eigenvalue weighted by molar-refractivity contribution is 7.83. The number of hydrogen-bond donors (Lipinski definition) is 10. The van der Waals surface area contributed by atoms with E-state index in [1.54, 1.807) is 4.72 Å². The van der Waals surface area contributed by atoms with Crippen LogP contribution in [-0.4, -0.2) is 182 Å². The van der Waals surface area contributed by atoms with Gasteiger partial charge in [-0.15, -0.1) is 0 Å². The predicted molar refractivity (Wildman–Crippen MR) is 143 cm³/mol. The first-order chi connectivity index (χ1) is 21.9. The van der Waals surface area contributed by atoms with Crippen LogP contribution in [0.3, 0.4) is 0 Å². The summed E-state index contributed by atoms with van der Waals surface area (Å²) in [6, 6.07) is -2.08. The molecule has 0 spiro atoms. The molecule has 0 amide bonds. The van der Waals surface area contributed by atoms with E-state index >= 15 is 0 Å². The summed E-state index contributed by atoms with van der Waals surface area (Å²) in [6.07, 6.45) is -25.6. The highest BCUT2D eigenvalue weighted by Crippen LogP contribution is 2.36. The maximum Gasteiger partial charge on any atom is 0.397 e. The third-order valence-electron chi connectivity index (χ3n) is 7.37. The lowest BCUT2D eigenvalue weighted by molar-refractivity contribution is -0.338. The van der Waals surface area contributed by atoms with Gasteiger partial charge in [0.2, 0.25) is 0 Å². The fourth-order valence-electron chi connectivity index (χ4n) is 5.14. The lowest BCUT2D eigenvalue weighted by Gasteiger charge is -2.48. The van der Waals surface area contributed by atoms with E-state index in [0.717, 1.165) is 14.0 Å². The standard InChI is InChI=1S/C20H35NO24S3/c1-5-13(43-19-8(21-46(29,30)31)10(23)15(38-2)7(42-19)4-40-47(32,33)34)16(17(26)27)44-20(14(5)45-48(35,36)37)39-3-6-9(22)11(24)12(25)18(28)41-6/h5-16,18-25,28H,3-4H2,1-2H3,(H,26,27)(H,29,30,31)(H,32,33,34)(H,35,36,37)/t5-,6?,7?,8?,9-,10+,11-,12?,13-,14?,15-,16?,18-,19+,20-/m1/s1. The molecule has 282 valence electrons. The molecular weight excluding hydrogens is 734 g/mol. The number of aliphatic hydroxyl groups is 5. The zero-order chi connectivity index (χ0) is 36.5. The molecule has 0 aromatic heterocycles. The van der Waals surface area contributed by atoms with Crippen LogP contribution in [0.5, 0.6) is 0 Å². The largest absolute Gasteiger partial charge is 0.479 e. The molecule has 0 saturated carbocycles. The summed E-state index contributed by atoms with van der Waals surface area (Å²) >= 11 is 0. The van der Waals surface area contributed by atoms with Crippen LogP contribution in [0.4, 0.5) is 0 Å². The van der Waals surface area contributed by atoms with Crippen molar-refractivity contribution in [1.82, 2.24) is 4.72 Å². The minimum absolute atomic E-state index is 0.894. The normalized spacial score (nSPS) is 41.6. The van der Waals surface area contributed by atoms with Crippen molar-refractivity contribution in [3.05, 3.63) is 0 Å². The van der Waals surface area contributed by atoms with Crippen molar-refractivity contribution in [3.8, 4) is 0 Å². The van der Waals surface area contributed by atoms with E-state index in [9.17, 15) is 69.8 Å². The van der Waals surface area contributed by atoms with Crippen molar-refractivity contribution in [2.24, 2.45) is 5.92 Å². The van der Waals surface area contributed by atoms with Gasteiger partial charge in [-0.25, -0.2) is 13.2 Å². The summed E-state index contributed by atoms with van der Waals surface area (Å²) in [4.78, 5) is 12.3. The molecule has 3 aliphatic rings. The molecule has 48 heavy (non-hydrogen) atoms. The minimum atomic E-state index is -5.41. The number of ether oxygens (including phenoxy) is 6. The van der Waals surface area contributed by atoms with Crippen LogP contribution in [0.15, 0.2) is 0 Å². The molecule has 25 nitrogen and oxygen atoms in total. The smallest absolute Gasteiger partial charge is 0.397 e. The molecule has 3 heterocycles. The van der Waals surface area contributed by atoms with Crippen LogP contribution in [-0.2, 0) is 72.7 Å². The van der Waals surface area contributed by atoms with Gasteiger partial charge >= 0.3 is 37.1 Å². The fourth-order valence-corrected chi connectivity index (χ4v) is 6.58. The van der Waals surface area contributed by atoms with Gasteiger partial charge in [0, 0.05) is 13.0 Å². The van der Waals surface area contributed by atoms with Crippen LogP contribution in [0, 0.1) is 5.92 Å². The average Bonchev–Trinajstić information content (AvgIpc) is 2.94. The Hall–Kier alpha value is -1.36. The Morgan fingerprint density at radius 2 is 1.38 bits per heavy atom. The summed E-state index contributed by atoms with van der Waals surface area (Å²) in [5, 5.41) is 60.3. The van der Waals surface area contributed by atoms with Gasteiger partial charge in [0.05, 0.1) is 13.2 Å². The quantitative estimate of drug-likeness (QED) is 0.0734. The lowest BCUT2D eigenvalue weighted by Crippen LogP contribution is -2.67. The molecule has 0 bridgehead atoms. The van der Waals surface area contributed by atoms with Crippen molar-refractivity contribution >= 4 is 37.1 Å². The lowest BCUT2D eigenvalue weighted by atomic mass is 9.89. The number of aliphatic carboxylic acids is 1. The van der Waals surface area contributed by atoms with Gasteiger partial charge in [-0.05, 0) is 0 Å². The Bertz CT molecular complexity index is 1430. The zero-order valence-corrected chi connectivity index (χ0v) is 26.9. The third-order valence-corrected chi connectivity index (χ3v) is 8.84. The molecule has 3 rings (SSSR count). The van der Waals surface area contributed by atoms with Crippen molar-refractivity contribution in [1.29, 1.82) is 0 Å². The number of methoxy groups -OCH3 is 1. The van der Waals surface area contributed by atoms with Gasteiger partial charge in [-0.2, -0.15) is 30.0 Å². The second kappa shape index (κ2) is 15.9. The zero-order valence-electron chi connectivity index (χ0n) is 24.4. The minimum Gasteiger partial charge on any atom is -0.479 e. The number of nitrogens with one attached hydrogen (secondary N) is 1. The van der Waals surface area contributed by atoms with E-state index in [1.165, 1.54) is 0 Å². The summed E-state index contributed by atoms with van der Waals surface area (Å²) in [6.45, 7) is -0.937. The van der Waals surface area contributed by atoms with Gasteiger partial charge in [0.15, 0.2) is 25.0 Å². The number of aliphatic hydroxyl groups excluding tert-OH is 5. The predicted octanol–water partition coefficient (Wildman–Crippen LogP) is -6.50. The van der Waals surface area contributed by atoms with E-state index in [4.69, 9.17) is 33.0 Å². The molecule has 28 heteroatoms. The van der Waals surface area contributed by atoms with Crippen LogP contribution < -0.4 is 4.72 Å². The first-order valence-corrected chi connectivity index (χ1v) is 17.5. The average molecular weight is 770 g/mol. The highest BCUT2D eigenvalue weighted by atomic mass is 32.3. The molecule has 0 aromatic rings. The first kappa shape index (κ1) is 41.1. The molecule has 6 unspecified atom stereocenters. The van der Waals surface area contributed by atoms with Crippen LogP contribution in [0.1, 0.15) is 6.92 Å². The SMILES string of the molecule is CO[C@@H]1C(COS(=O)(=O)O)O[C@@H](O[C@H]2C(C(=O)O)O[C@@H](OCC3O[C@@H](O)C(O)[C@H](O)[C@@H]3O)C(OS(=O)(=O)O)[C@@H]2C)C(NS(=O)(=O)O)[C@@H]1O. The number of carboxylic acid groups (broad SMARTS) is 1. The maximum atomic E-state index is 12.3. The van der Waals surface area contributed by atoms with Crippen LogP contribution in [0.2, 0.25) is 0 Å². The van der Waals surface area contributed by atoms with Gasteiger partial charge in [0.1, 0.15) is 61.0 Å². The van der Waals surface area contributed by atoms with Gasteiger partial charge in [0.25, 0.3) is 0 Å². The molecule has 15 atom stereocenters. The van der Waals surface area contributed by atoms with E-state index < -0.39 is 142 Å². The number of carboxylic acids is 1. The number of rotatable bonds is 14. The molecule has 0 aromatic carbocycles. The van der Waals surface area contributed by atoms with Crippen molar-refractivity contribution in [3.63, 3.8) is 0 Å². The third kappa shape index (κ3) is 10.6. The second-order valence-corrected chi connectivity index (χ2v) is 14.0. The van der Waals surface area contributed by atoms with E-state index in [1.807, 2.05) is 0 Å². The molecular formula is C20H35NO24S3. The first-order valence-electron chi connectivity index (χ1n) is 13.4. The van der Waals surface area contributed by atoms with Gasteiger partial charge in [-0.1, -0.05) is 6.92 Å². The van der Waals surface area contributed by atoms with Crippen molar-refractivity contribution < 1.29 is 111 Å². The molecule has 3 saturated heterocycles. The summed E-state index contributed by atoms with van der Waals surface area (Å²) < 4.78 is 139. The summed E-state index contributed by atoms with van der Waals surface area (Å²) in [5.41, 5.74) is 0. The van der Waals surface area contributed by atoms with Gasteiger partial charge in [-0.3, -0.25) is 13.7 Å². The Balaban J connectivity index is 1.95. The monoisotopic (exact) mass is 769 g/mol. The van der Waals surface area contributed by atoms with E-state index in [-0.39, 0.29) is 0 Å². The Morgan fingerprint density at radius 3 is 1.90 bits per heavy atom. The van der Waals surface area contributed by atoms with E-state index in [2.05, 4.69) is 8.37 Å². The number of carbonyl (C=O) groups is 1. The summed E-state index contributed by atoms with van der Waals surface area (Å²) in [7, 11) is -14.8. The van der Waals surface area contributed by atoms with E-state index in [0.29, 0.717) is 0 Å². The number of hydrogen-bond acceptors (Lipinski definition) is 20. The van der Waals surface area contributed by atoms with Crippen molar-refractivity contribution in [2.75, 3.05) is 20.3 Å².